The fourth-order valence-corrected chi connectivity index (χ4v) is 3.16. The summed E-state index contributed by atoms with van der Waals surface area (Å²) in [5.74, 6) is 0.441. The minimum absolute atomic E-state index is 0.441. The van der Waals surface area contributed by atoms with E-state index in [4.69, 9.17) is 0 Å². The van der Waals surface area contributed by atoms with E-state index in [1.165, 1.54) is 18.4 Å². The van der Waals surface area contributed by atoms with Crippen molar-refractivity contribution in [3.63, 3.8) is 0 Å². The molecule has 1 fully saturated rings. The molecule has 100 valence electrons. The molecule has 0 radical (unpaired) electrons. The van der Waals surface area contributed by atoms with Crippen LogP contribution in [0.5, 0.6) is 0 Å². The third-order valence-corrected chi connectivity index (χ3v) is 4.20. The highest BCUT2D eigenvalue weighted by atomic mass is 16.3. The molecule has 2 rings (SSSR count). The Kier molecular flexibility index (Phi) is 4.41. The number of rotatable bonds is 5. The van der Waals surface area contributed by atoms with Crippen molar-refractivity contribution < 1.29 is 5.11 Å². The molecule has 1 aliphatic carbocycles. The van der Waals surface area contributed by atoms with E-state index in [2.05, 4.69) is 43.3 Å². The molecule has 1 saturated carbocycles. The standard InChI is InChI=1S/C16H25NO/c1-17(2)13-15-9-6-11-16(15,18)12-10-14-7-4-3-5-8-14/h3-5,7-8,15,18H,6,9-13H2,1-2H3. The molecule has 18 heavy (non-hydrogen) atoms. The van der Waals surface area contributed by atoms with Crippen molar-refractivity contribution in [2.45, 2.75) is 37.7 Å². The van der Waals surface area contributed by atoms with Crippen LogP contribution in [-0.4, -0.2) is 36.2 Å². The molecule has 0 aromatic heterocycles. The molecule has 2 heteroatoms. The van der Waals surface area contributed by atoms with E-state index in [1.54, 1.807) is 0 Å². The van der Waals surface area contributed by atoms with Gasteiger partial charge in [0.15, 0.2) is 0 Å². The number of hydrogen-bond donors (Lipinski definition) is 1. The molecule has 0 saturated heterocycles. The zero-order valence-electron chi connectivity index (χ0n) is 11.6. The maximum Gasteiger partial charge on any atom is 0.0691 e. The van der Waals surface area contributed by atoms with Crippen LogP contribution in [0.3, 0.4) is 0 Å². The summed E-state index contributed by atoms with van der Waals surface area (Å²) in [4.78, 5) is 2.20. The fraction of sp³-hybridized carbons (Fsp3) is 0.625. The zero-order valence-corrected chi connectivity index (χ0v) is 11.6. The predicted octanol–water partition coefficient (Wildman–Crippen LogP) is 2.71. The van der Waals surface area contributed by atoms with Crippen LogP contribution < -0.4 is 0 Å². The van der Waals surface area contributed by atoms with Crippen molar-refractivity contribution in [2.24, 2.45) is 5.92 Å². The highest BCUT2D eigenvalue weighted by Crippen LogP contribution is 2.39. The summed E-state index contributed by atoms with van der Waals surface area (Å²) in [5, 5.41) is 10.8. The topological polar surface area (TPSA) is 23.5 Å². The smallest absolute Gasteiger partial charge is 0.0691 e. The summed E-state index contributed by atoms with van der Waals surface area (Å²) in [6, 6.07) is 10.5. The molecular weight excluding hydrogens is 222 g/mol. The number of hydrogen-bond acceptors (Lipinski definition) is 2. The summed E-state index contributed by atoms with van der Waals surface area (Å²) in [5.41, 5.74) is 0.890. The lowest BCUT2D eigenvalue weighted by molar-refractivity contribution is -0.0133. The summed E-state index contributed by atoms with van der Waals surface area (Å²) >= 11 is 0. The second-order valence-electron chi connectivity index (χ2n) is 5.94. The summed E-state index contributed by atoms with van der Waals surface area (Å²) in [7, 11) is 4.19. The van der Waals surface area contributed by atoms with Crippen LogP contribution in [0, 0.1) is 5.92 Å². The van der Waals surface area contributed by atoms with E-state index in [9.17, 15) is 5.11 Å². The molecule has 1 aliphatic rings. The van der Waals surface area contributed by atoms with Gasteiger partial charge < -0.3 is 10.0 Å². The van der Waals surface area contributed by atoms with Gasteiger partial charge in [-0.1, -0.05) is 36.8 Å². The van der Waals surface area contributed by atoms with Crippen LogP contribution >= 0.6 is 0 Å². The maximum absolute atomic E-state index is 10.8. The first-order valence-corrected chi connectivity index (χ1v) is 7.01. The second-order valence-corrected chi connectivity index (χ2v) is 5.94. The van der Waals surface area contributed by atoms with Gasteiger partial charge in [-0.15, -0.1) is 0 Å². The van der Waals surface area contributed by atoms with Crippen LogP contribution in [0.2, 0.25) is 0 Å². The van der Waals surface area contributed by atoms with Gasteiger partial charge in [0.25, 0.3) is 0 Å². The molecule has 0 heterocycles. The molecule has 0 amide bonds. The first-order valence-electron chi connectivity index (χ1n) is 7.01. The van der Waals surface area contributed by atoms with Gasteiger partial charge in [-0.2, -0.15) is 0 Å². The summed E-state index contributed by atoms with van der Waals surface area (Å²) in [6.45, 7) is 1.01. The average Bonchev–Trinajstić information content (AvgIpc) is 2.70. The minimum Gasteiger partial charge on any atom is -0.390 e. The molecule has 0 spiro atoms. The third-order valence-electron chi connectivity index (χ3n) is 4.20. The molecule has 1 aromatic rings. The molecule has 1 N–H and O–H groups in total. The Bertz CT molecular complexity index is 363. The van der Waals surface area contributed by atoms with E-state index >= 15 is 0 Å². The van der Waals surface area contributed by atoms with E-state index in [0.29, 0.717) is 5.92 Å². The van der Waals surface area contributed by atoms with Gasteiger partial charge in [-0.3, -0.25) is 0 Å². The Labute approximate surface area is 111 Å². The van der Waals surface area contributed by atoms with Crippen LogP contribution in [0.25, 0.3) is 0 Å². The molecular formula is C16H25NO. The largest absolute Gasteiger partial charge is 0.390 e. The van der Waals surface area contributed by atoms with Crippen molar-refractivity contribution in [2.75, 3.05) is 20.6 Å². The Morgan fingerprint density at radius 1 is 1.28 bits per heavy atom. The van der Waals surface area contributed by atoms with Gasteiger partial charge >= 0.3 is 0 Å². The zero-order chi connectivity index (χ0) is 13.0. The highest BCUT2D eigenvalue weighted by molar-refractivity contribution is 5.15. The van der Waals surface area contributed by atoms with E-state index < -0.39 is 5.60 Å². The monoisotopic (exact) mass is 247 g/mol. The van der Waals surface area contributed by atoms with Crippen molar-refractivity contribution in [3.8, 4) is 0 Å². The molecule has 2 atom stereocenters. The summed E-state index contributed by atoms with van der Waals surface area (Å²) < 4.78 is 0. The molecule has 2 unspecified atom stereocenters. The van der Waals surface area contributed by atoms with Crippen molar-refractivity contribution in [1.82, 2.24) is 4.90 Å². The Hall–Kier alpha value is -0.860. The first-order chi connectivity index (χ1) is 8.60. The van der Waals surface area contributed by atoms with Gasteiger partial charge in [-0.05, 0) is 45.3 Å². The lowest BCUT2D eigenvalue weighted by Gasteiger charge is -2.32. The Balaban J connectivity index is 1.94. The van der Waals surface area contributed by atoms with E-state index in [-0.39, 0.29) is 0 Å². The van der Waals surface area contributed by atoms with Crippen LogP contribution in [0.15, 0.2) is 30.3 Å². The lowest BCUT2D eigenvalue weighted by Crippen LogP contribution is -2.39. The van der Waals surface area contributed by atoms with Gasteiger partial charge in [0.05, 0.1) is 5.60 Å². The van der Waals surface area contributed by atoms with E-state index in [1.807, 2.05) is 6.07 Å². The van der Waals surface area contributed by atoms with Crippen molar-refractivity contribution in [1.29, 1.82) is 0 Å². The Morgan fingerprint density at radius 2 is 2.00 bits per heavy atom. The van der Waals surface area contributed by atoms with Crippen molar-refractivity contribution in [3.05, 3.63) is 35.9 Å². The molecule has 2 nitrogen and oxygen atoms in total. The SMILES string of the molecule is CN(C)CC1CCCC1(O)CCc1ccccc1. The molecule has 1 aromatic carbocycles. The number of aryl methyl sites for hydroxylation is 1. The maximum atomic E-state index is 10.8. The lowest BCUT2D eigenvalue weighted by atomic mass is 9.85. The van der Waals surface area contributed by atoms with Crippen molar-refractivity contribution >= 4 is 0 Å². The quantitative estimate of drug-likeness (QED) is 0.865. The van der Waals surface area contributed by atoms with Crippen LogP contribution in [0.4, 0.5) is 0 Å². The molecule has 0 bridgehead atoms. The normalized spacial score (nSPS) is 27.9. The summed E-state index contributed by atoms with van der Waals surface area (Å²) in [6.07, 6.45) is 5.20. The number of benzene rings is 1. The average molecular weight is 247 g/mol. The highest BCUT2D eigenvalue weighted by Gasteiger charge is 2.40. The number of nitrogens with zero attached hydrogens (tertiary/aromatic N) is 1. The van der Waals surface area contributed by atoms with Gasteiger partial charge in [-0.25, -0.2) is 0 Å². The van der Waals surface area contributed by atoms with Gasteiger partial charge in [0, 0.05) is 12.5 Å². The third kappa shape index (κ3) is 3.33. The van der Waals surface area contributed by atoms with Gasteiger partial charge in [0.2, 0.25) is 0 Å². The second kappa shape index (κ2) is 5.85. The predicted molar refractivity (Wildman–Crippen MR) is 75.6 cm³/mol. The minimum atomic E-state index is -0.444. The van der Waals surface area contributed by atoms with Crippen LogP contribution in [-0.2, 0) is 6.42 Å². The Morgan fingerprint density at radius 3 is 2.67 bits per heavy atom. The van der Waals surface area contributed by atoms with Crippen LogP contribution in [0.1, 0.15) is 31.2 Å². The van der Waals surface area contributed by atoms with E-state index in [0.717, 1.165) is 25.8 Å². The number of aliphatic hydroxyl groups is 1. The fourth-order valence-electron chi connectivity index (χ4n) is 3.16. The van der Waals surface area contributed by atoms with Gasteiger partial charge in [0.1, 0.15) is 0 Å². The first kappa shape index (κ1) is 13.6. The molecule has 0 aliphatic heterocycles.